The van der Waals surface area contributed by atoms with E-state index in [0.29, 0.717) is 5.75 Å². The number of aliphatic hydroxyl groups is 1. The Morgan fingerprint density at radius 3 is 2.20 bits per heavy atom. The van der Waals surface area contributed by atoms with Gasteiger partial charge in [0.1, 0.15) is 24.7 Å². The second-order valence-corrected chi connectivity index (χ2v) is 6.34. The van der Waals surface area contributed by atoms with Gasteiger partial charge >= 0.3 is 5.97 Å². The van der Waals surface area contributed by atoms with Crippen molar-refractivity contribution in [2.75, 3.05) is 30.9 Å². The average Bonchev–Trinajstić information content (AvgIpc) is 2.59. The molecule has 0 spiro atoms. The minimum Gasteiger partial charge on any atom is -0.480 e. The molecule has 7 N–H and O–H groups in total. The highest BCUT2D eigenvalue weighted by Gasteiger charge is 2.27. The first-order valence-corrected chi connectivity index (χ1v) is 9.35. The molecule has 12 heteroatoms. The monoisotopic (exact) mass is 396 g/mol. The second-order valence-electron chi connectivity index (χ2n) is 4.99. The number of nitrogens with one attached hydrogen (secondary N) is 3. The average molecular weight is 396 g/mol. The number of hydrogen-bond acceptors (Lipinski definition) is 8. The Morgan fingerprint density at radius 1 is 1.12 bits per heavy atom. The maximum atomic E-state index is 12.3. The van der Waals surface area contributed by atoms with E-state index >= 15 is 0 Å². The van der Waals surface area contributed by atoms with Gasteiger partial charge in [-0.2, -0.15) is 24.4 Å². The molecule has 3 unspecified atom stereocenters. The van der Waals surface area contributed by atoms with E-state index in [1.165, 1.54) is 11.8 Å². The highest BCUT2D eigenvalue weighted by Crippen LogP contribution is 2.03. The number of aliphatic carboxylic acids is 1. The predicted molar refractivity (Wildman–Crippen MR) is 96.4 cm³/mol. The first-order chi connectivity index (χ1) is 11.8. The number of carboxylic acids is 1. The fourth-order valence-corrected chi connectivity index (χ4v) is 2.35. The highest BCUT2D eigenvalue weighted by molar-refractivity contribution is 7.98. The zero-order chi connectivity index (χ0) is 19.4. The predicted octanol–water partition coefficient (Wildman–Crippen LogP) is -2.84. The Bertz CT molecular complexity index is 479. The van der Waals surface area contributed by atoms with Crippen molar-refractivity contribution in [2.24, 2.45) is 5.73 Å². The molecule has 0 fully saturated rings. The first kappa shape index (κ1) is 23.5. The molecular formula is C13H24N4O6S2. The van der Waals surface area contributed by atoms with Crippen LogP contribution in [0.25, 0.3) is 0 Å². The zero-order valence-corrected chi connectivity index (χ0v) is 15.4. The van der Waals surface area contributed by atoms with Crippen LogP contribution in [0.3, 0.4) is 0 Å². The molecule has 0 aliphatic carbocycles. The molecule has 0 aromatic carbocycles. The molecule has 0 aromatic heterocycles. The number of carbonyl (C=O) groups is 4. The fraction of sp³-hybridized carbons (Fsp3) is 0.692. The van der Waals surface area contributed by atoms with Crippen LogP contribution in [0.15, 0.2) is 0 Å². The van der Waals surface area contributed by atoms with Crippen molar-refractivity contribution in [3.8, 4) is 0 Å². The number of thioether (sulfide) groups is 1. The van der Waals surface area contributed by atoms with E-state index in [4.69, 9.17) is 15.9 Å². The molecule has 3 atom stereocenters. The largest absolute Gasteiger partial charge is 0.480 e. The van der Waals surface area contributed by atoms with Crippen LogP contribution in [-0.2, 0) is 19.2 Å². The number of amides is 3. The molecule has 0 aliphatic heterocycles. The Balaban J connectivity index is 4.87. The minimum atomic E-state index is -1.22. The van der Waals surface area contributed by atoms with E-state index in [1.807, 2.05) is 6.26 Å². The summed E-state index contributed by atoms with van der Waals surface area (Å²) in [7, 11) is 0. The van der Waals surface area contributed by atoms with Crippen molar-refractivity contribution in [2.45, 2.75) is 24.5 Å². The van der Waals surface area contributed by atoms with Crippen LogP contribution in [0.5, 0.6) is 0 Å². The molecule has 3 amide bonds. The first-order valence-electron chi connectivity index (χ1n) is 7.33. The summed E-state index contributed by atoms with van der Waals surface area (Å²) in [5.41, 5.74) is 5.41. The molecule has 0 saturated carbocycles. The van der Waals surface area contributed by atoms with Crippen molar-refractivity contribution in [1.82, 2.24) is 16.0 Å². The lowest BCUT2D eigenvalue weighted by Crippen LogP contribution is -2.57. The summed E-state index contributed by atoms with van der Waals surface area (Å²) in [5, 5.41) is 24.4. The van der Waals surface area contributed by atoms with Crippen LogP contribution in [0, 0.1) is 0 Å². The third-order valence-electron chi connectivity index (χ3n) is 3.01. The van der Waals surface area contributed by atoms with Gasteiger partial charge in [-0.25, -0.2) is 0 Å². The van der Waals surface area contributed by atoms with Gasteiger partial charge in [0, 0.05) is 5.75 Å². The third-order valence-corrected chi connectivity index (χ3v) is 4.02. The summed E-state index contributed by atoms with van der Waals surface area (Å²) < 4.78 is 0. The number of thiol groups is 1. The van der Waals surface area contributed by atoms with Crippen molar-refractivity contribution < 1.29 is 29.4 Å². The normalized spacial score (nSPS) is 14.1. The number of nitrogens with two attached hydrogens (primary N) is 1. The van der Waals surface area contributed by atoms with Crippen molar-refractivity contribution in [3.05, 3.63) is 0 Å². The number of carbonyl (C=O) groups excluding carboxylic acids is 3. The number of rotatable bonds is 12. The highest BCUT2D eigenvalue weighted by atomic mass is 32.2. The van der Waals surface area contributed by atoms with E-state index in [2.05, 4.69) is 28.6 Å². The Morgan fingerprint density at radius 2 is 1.72 bits per heavy atom. The van der Waals surface area contributed by atoms with Crippen molar-refractivity contribution in [3.63, 3.8) is 0 Å². The molecule has 0 saturated heterocycles. The van der Waals surface area contributed by atoms with E-state index in [9.17, 15) is 19.2 Å². The maximum absolute atomic E-state index is 12.3. The summed E-state index contributed by atoms with van der Waals surface area (Å²) in [4.78, 5) is 46.4. The molecule has 0 radical (unpaired) electrons. The van der Waals surface area contributed by atoms with E-state index in [1.54, 1.807) is 0 Å². The van der Waals surface area contributed by atoms with Gasteiger partial charge < -0.3 is 31.9 Å². The van der Waals surface area contributed by atoms with Crippen LogP contribution in [-0.4, -0.2) is 82.9 Å². The second kappa shape index (κ2) is 12.8. The van der Waals surface area contributed by atoms with E-state index in [-0.39, 0.29) is 12.2 Å². The minimum absolute atomic E-state index is 0.0590. The Hall–Kier alpha value is -1.50. The molecule has 10 nitrogen and oxygen atoms in total. The van der Waals surface area contributed by atoms with Gasteiger partial charge in [-0.1, -0.05) is 0 Å². The SMILES string of the molecule is CSCCC(NC(=O)C(N)CO)C(=O)NC(CS)C(=O)NCC(=O)O. The molecule has 0 bridgehead atoms. The fourth-order valence-electron chi connectivity index (χ4n) is 1.62. The molecule has 144 valence electrons. The maximum Gasteiger partial charge on any atom is 0.322 e. The summed E-state index contributed by atoms with van der Waals surface area (Å²) in [6.07, 6.45) is 2.11. The molecule has 0 aliphatic rings. The van der Waals surface area contributed by atoms with Crippen LogP contribution < -0.4 is 21.7 Å². The van der Waals surface area contributed by atoms with Crippen LogP contribution in [0.2, 0.25) is 0 Å². The molecular weight excluding hydrogens is 372 g/mol. The molecule has 0 aromatic rings. The summed E-state index contributed by atoms with van der Waals surface area (Å²) in [6.45, 7) is -1.16. The van der Waals surface area contributed by atoms with Gasteiger partial charge in [0.25, 0.3) is 0 Å². The zero-order valence-electron chi connectivity index (χ0n) is 13.7. The Kier molecular flexibility index (Phi) is 12.0. The van der Waals surface area contributed by atoms with E-state index < -0.39 is 55.0 Å². The topological polar surface area (TPSA) is 171 Å². The standard InChI is InChI=1S/C13H24N4O6S2/c1-25-3-2-8(16-11(21)7(14)5-18)13(23)17-9(6-24)12(22)15-4-10(19)20/h7-9,18,24H,2-6,14H2,1H3,(H,15,22)(H,16,21)(H,17,23)(H,19,20). The van der Waals surface area contributed by atoms with Crippen LogP contribution in [0.4, 0.5) is 0 Å². The third kappa shape index (κ3) is 9.53. The van der Waals surface area contributed by atoms with Crippen LogP contribution in [0.1, 0.15) is 6.42 Å². The van der Waals surface area contributed by atoms with Crippen LogP contribution >= 0.6 is 24.4 Å². The summed E-state index contributed by atoms with van der Waals surface area (Å²) in [5.74, 6) is -2.74. The lowest BCUT2D eigenvalue weighted by atomic mass is 10.1. The van der Waals surface area contributed by atoms with Gasteiger partial charge in [0.2, 0.25) is 17.7 Å². The molecule has 0 rings (SSSR count). The number of hydrogen-bond donors (Lipinski definition) is 7. The molecule has 25 heavy (non-hydrogen) atoms. The van der Waals surface area contributed by atoms with Gasteiger partial charge in [0.05, 0.1) is 6.61 Å². The number of aliphatic hydroxyl groups excluding tert-OH is 1. The lowest BCUT2D eigenvalue weighted by Gasteiger charge is -2.23. The number of carboxylic acid groups (broad SMARTS) is 1. The quantitative estimate of drug-likeness (QED) is 0.173. The van der Waals surface area contributed by atoms with Crippen molar-refractivity contribution in [1.29, 1.82) is 0 Å². The summed E-state index contributed by atoms with van der Waals surface area (Å²) >= 11 is 5.42. The molecule has 0 heterocycles. The lowest BCUT2D eigenvalue weighted by molar-refractivity contribution is -0.138. The smallest absolute Gasteiger partial charge is 0.322 e. The Labute approximate surface area is 155 Å². The summed E-state index contributed by atoms with van der Waals surface area (Å²) in [6, 6.07) is -3.17. The van der Waals surface area contributed by atoms with Gasteiger partial charge in [-0.05, 0) is 18.4 Å². The van der Waals surface area contributed by atoms with Crippen molar-refractivity contribution >= 4 is 48.1 Å². The van der Waals surface area contributed by atoms with E-state index in [0.717, 1.165) is 0 Å². The van der Waals surface area contributed by atoms with Gasteiger partial charge in [-0.15, -0.1) is 0 Å². The van der Waals surface area contributed by atoms with Gasteiger partial charge in [-0.3, -0.25) is 19.2 Å². The van der Waals surface area contributed by atoms with Gasteiger partial charge in [0.15, 0.2) is 0 Å².